The number of H-pyrrole nitrogens is 1. The average Bonchev–Trinajstić information content (AvgIpc) is 3.28. The Kier molecular flexibility index (Phi) is 3.92. The van der Waals surface area contributed by atoms with Crippen molar-refractivity contribution < 1.29 is 9.53 Å². The third-order valence-electron chi connectivity index (χ3n) is 4.15. The Hall–Kier alpha value is -2.81. The number of hydrogen-bond donors (Lipinski definition) is 1. The molecule has 0 aromatic carbocycles. The van der Waals surface area contributed by atoms with Gasteiger partial charge in [-0.25, -0.2) is 15.0 Å². The molecule has 3 aromatic rings. The molecular weight excluding hydrogens is 322 g/mol. The van der Waals surface area contributed by atoms with Crippen molar-refractivity contribution in [1.29, 1.82) is 0 Å². The molecule has 0 radical (unpaired) electrons. The van der Waals surface area contributed by atoms with Crippen molar-refractivity contribution in [3.63, 3.8) is 0 Å². The number of aromatic nitrogens is 6. The lowest BCUT2D eigenvalue weighted by Gasteiger charge is -2.31. The number of hydrogen-bond acceptors (Lipinski definition) is 6. The molecule has 4 heterocycles. The molecule has 0 bridgehead atoms. The van der Waals surface area contributed by atoms with Crippen LogP contribution in [0.4, 0.5) is 0 Å². The fraction of sp³-hybridized carbons (Fsp3) is 0.438. The van der Waals surface area contributed by atoms with Gasteiger partial charge < -0.3 is 9.64 Å². The van der Waals surface area contributed by atoms with Crippen LogP contribution in [0, 0.1) is 0 Å². The Morgan fingerprint density at radius 2 is 2.28 bits per heavy atom. The van der Waals surface area contributed by atoms with Gasteiger partial charge in [-0.15, -0.1) is 0 Å². The van der Waals surface area contributed by atoms with Gasteiger partial charge in [0.25, 0.3) is 5.91 Å². The molecule has 1 unspecified atom stereocenters. The third kappa shape index (κ3) is 2.98. The Labute approximate surface area is 144 Å². The van der Waals surface area contributed by atoms with Crippen molar-refractivity contribution in [3.05, 3.63) is 42.0 Å². The fourth-order valence-electron chi connectivity index (χ4n) is 2.78. The highest BCUT2D eigenvalue weighted by Crippen LogP contribution is 2.21. The van der Waals surface area contributed by atoms with Gasteiger partial charge in [-0.3, -0.25) is 14.3 Å². The number of fused-ring (bicyclic) bond motifs is 1. The van der Waals surface area contributed by atoms with E-state index < -0.39 is 0 Å². The Morgan fingerprint density at radius 3 is 3.04 bits per heavy atom. The molecule has 1 amide bonds. The normalized spacial score (nSPS) is 18.2. The van der Waals surface area contributed by atoms with Crippen LogP contribution in [0.15, 0.2) is 24.7 Å². The van der Waals surface area contributed by atoms with Gasteiger partial charge in [0.05, 0.1) is 13.2 Å². The first-order chi connectivity index (χ1) is 12.1. The van der Waals surface area contributed by atoms with Crippen molar-refractivity contribution >= 4 is 11.7 Å². The summed E-state index contributed by atoms with van der Waals surface area (Å²) in [6.07, 6.45) is 4.85. The van der Waals surface area contributed by atoms with Crippen LogP contribution in [0.25, 0.3) is 5.78 Å². The number of aromatic amines is 1. The van der Waals surface area contributed by atoms with Gasteiger partial charge >= 0.3 is 0 Å². The molecule has 1 N–H and O–H groups in total. The molecule has 4 rings (SSSR count). The molecule has 0 aliphatic carbocycles. The van der Waals surface area contributed by atoms with Gasteiger partial charge in [0, 0.05) is 31.1 Å². The predicted octanol–water partition coefficient (Wildman–Crippen LogP) is 1.18. The standard InChI is InChI=1S/C16H19N7O2/c1-10(2)13-19-14(21-20-13)12-9-22(6-7-25-12)15(24)11-8-23-5-3-4-17-16(23)18-11/h3-5,8,10,12H,6-7,9H2,1-2H3,(H,19,20,21). The molecule has 0 saturated carbocycles. The highest BCUT2D eigenvalue weighted by atomic mass is 16.5. The highest BCUT2D eigenvalue weighted by Gasteiger charge is 2.29. The monoisotopic (exact) mass is 341 g/mol. The minimum Gasteiger partial charge on any atom is -0.367 e. The van der Waals surface area contributed by atoms with Crippen LogP contribution in [0.5, 0.6) is 0 Å². The summed E-state index contributed by atoms with van der Waals surface area (Å²) in [5.41, 5.74) is 0.375. The zero-order chi connectivity index (χ0) is 17.4. The van der Waals surface area contributed by atoms with Crippen molar-refractivity contribution in [2.24, 2.45) is 0 Å². The molecular formula is C16H19N7O2. The van der Waals surface area contributed by atoms with Crippen LogP contribution in [-0.4, -0.2) is 60.1 Å². The molecule has 0 spiro atoms. The predicted molar refractivity (Wildman–Crippen MR) is 88.1 cm³/mol. The average molecular weight is 341 g/mol. The number of carbonyl (C=O) groups excluding carboxylic acids is 1. The van der Waals surface area contributed by atoms with Crippen LogP contribution in [-0.2, 0) is 4.74 Å². The summed E-state index contributed by atoms with van der Waals surface area (Å²) in [5, 5.41) is 7.13. The zero-order valence-corrected chi connectivity index (χ0v) is 14.1. The van der Waals surface area contributed by atoms with Crippen LogP contribution >= 0.6 is 0 Å². The van der Waals surface area contributed by atoms with Crippen molar-refractivity contribution in [3.8, 4) is 0 Å². The summed E-state index contributed by atoms with van der Waals surface area (Å²) in [6.45, 7) is 5.43. The summed E-state index contributed by atoms with van der Waals surface area (Å²) in [7, 11) is 0. The number of amides is 1. The van der Waals surface area contributed by atoms with E-state index in [-0.39, 0.29) is 17.9 Å². The smallest absolute Gasteiger partial charge is 0.274 e. The van der Waals surface area contributed by atoms with E-state index in [2.05, 4.69) is 25.1 Å². The first-order valence-corrected chi connectivity index (χ1v) is 8.24. The fourth-order valence-corrected chi connectivity index (χ4v) is 2.78. The number of nitrogens with zero attached hydrogens (tertiary/aromatic N) is 6. The minimum atomic E-state index is -0.312. The molecule has 9 nitrogen and oxygen atoms in total. The van der Waals surface area contributed by atoms with Crippen LogP contribution in [0.1, 0.15) is 48.0 Å². The van der Waals surface area contributed by atoms with Gasteiger partial charge in [0.15, 0.2) is 11.6 Å². The van der Waals surface area contributed by atoms with E-state index >= 15 is 0 Å². The lowest BCUT2D eigenvalue weighted by molar-refractivity contribution is -0.0268. The van der Waals surface area contributed by atoms with Gasteiger partial charge in [0.1, 0.15) is 11.8 Å². The Morgan fingerprint density at radius 1 is 1.40 bits per heavy atom. The molecule has 1 fully saturated rings. The zero-order valence-electron chi connectivity index (χ0n) is 14.1. The topological polar surface area (TPSA) is 101 Å². The number of imidazole rings is 1. The minimum absolute atomic E-state index is 0.137. The van der Waals surface area contributed by atoms with E-state index in [0.29, 0.717) is 37.0 Å². The maximum atomic E-state index is 12.8. The number of ether oxygens (including phenoxy) is 1. The SMILES string of the molecule is CC(C)c1n[nH]c(C2CN(C(=O)c3cn4cccnc4n3)CCO2)n1. The van der Waals surface area contributed by atoms with Gasteiger partial charge in [-0.05, 0) is 6.07 Å². The summed E-state index contributed by atoms with van der Waals surface area (Å²) in [5.74, 6) is 2.00. The van der Waals surface area contributed by atoms with Crippen LogP contribution < -0.4 is 0 Å². The van der Waals surface area contributed by atoms with Crippen molar-refractivity contribution in [2.45, 2.75) is 25.9 Å². The lowest BCUT2D eigenvalue weighted by Crippen LogP contribution is -2.42. The van der Waals surface area contributed by atoms with Crippen LogP contribution in [0.2, 0.25) is 0 Å². The second-order valence-corrected chi connectivity index (χ2v) is 6.30. The molecule has 130 valence electrons. The molecule has 1 aliphatic heterocycles. The first kappa shape index (κ1) is 15.7. The number of rotatable bonds is 3. The second-order valence-electron chi connectivity index (χ2n) is 6.30. The van der Waals surface area contributed by atoms with Gasteiger partial charge in [0.2, 0.25) is 5.78 Å². The Balaban J connectivity index is 1.52. The van der Waals surface area contributed by atoms with E-state index in [1.54, 1.807) is 27.8 Å². The largest absolute Gasteiger partial charge is 0.367 e. The van der Waals surface area contributed by atoms with E-state index in [9.17, 15) is 4.79 Å². The van der Waals surface area contributed by atoms with Crippen molar-refractivity contribution in [1.82, 2.24) is 34.4 Å². The Bertz CT molecular complexity index is 868. The lowest BCUT2D eigenvalue weighted by atomic mass is 10.2. The van der Waals surface area contributed by atoms with E-state index in [0.717, 1.165) is 5.82 Å². The maximum absolute atomic E-state index is 12.8. The quantitative estimate of drug-likeness (QED) is 0.768. The molecule has 3 aromatic heterocycles. The molecule has 1 atom stereocenters. The summed E-state index contributed by atoms with van der Waals surface area (Å²) >= 11 is 0. The van der Waals surface area contributed by atoms with Gasteiger partial charge in [-0.1, -0.05) is 13.8 Å². The third-order valence-corrected chi connectivity index (χ3v) is 4.15. The molecule has 1 saturated heterocycles. The van der Waals surface area contributed by atoms with E-state index in [1.807, 2.05) is 20.0 Å². The second kappa shape index (κ2) is 6.25. The number of nitrogens with one attached hydrogen (secondary N) is 1. The number of morpholine rings is 1. The molecule has 1 aliphatic rings. The van der Waals surface area contributed by atoms with E-state index in [4.69, 9.17) is 4.74 Å². The number of carbonyl (C=O) groups is 1. The molecule has 25 heavy (non-hydrogen) atoms. The van der Waals surface area contributed by atoms with Gasteiger partial charge in [-0.2, -0.15) is 5.10 Å². The van der Waals surface area contributed by atoms with E-state index in [1.165, 1.54) is 0 Å². The van der Waals surface area contributed by atoms with Crippen molar-refractivity contribution in [2.75, 3.05) is 19.7 Å². The highest BCUT2D eigenvalue weighted by molar-refractivity contribution is 5.92. The molecule has 9 heteroatoms. The maximum Gasteiger partial charge on any atom is 0.274 e. The summed E-state index contributed by atoms with van der Waals surface area (Å²) < 4.78 is 7.50. The summed E-state index contributed by atoms with van der Waals surface area (Å²) in [4.78, 5) is 27.4. The summed E-state index contributed by atoms with van der Waals surface area (Å²) in [6, 6.07) is 1.80. The van der Waals surface area contributed by atoms with Crippen LogP contribution in [0.3, 0.4) is 0 Å². The first-order valence-electron chi connectivity index (χ1n) is 8.24.